The van der Waals surface area contributed by atoms with E-state index in [0.29, 0.717) is 0 Å². The largest absolute Gasteiger partial charge is 0.341 e. The molecule has 0 radical (unpaired) electrons. The molecule has 11 heavy (non-hydrogen) atoms. The van der Waals surface area contributed by atoms with Gasteiger partial charge in [-0.25, -0.2) is 4.79 Å². The number of nitrogens with one attached hydrogen (secondary N) is 3. The number of imide groups is 1. The van der Waals surface area contributed by atoms with E-state index >= 15 is 0 Å². The van der Waals surface area contributed by atoms with E-state index in [0.717, 1.165) is 0 Å². The van der Waals surface area contributed by atoms with Gasteiger partial charge in [-0.1, -0.05) is 0 Å². The van der Waals surface area contributed by atoms with Crippen LogP contribution < -0.4 is 16.0 Å². The third kappa shape index (κ3) is 3.57. The van der Waals surface area contributed by atoms with Crippen LogP contribution in [0.15, 0.2) is 0 Å². The highest BCUT2D eigenvalue weighted by Gasteiger charge is 2.11. The molecule has 5 heteroatoms. The number of rotatable bonds is 2. The van der Waals surface area contributed by atoms with Crippen molar-refractivity contribution in [1.29, 1.82) is 0 Å². The Morgan fingerprint density at radius 2 is 1.82 bits per heavy atom. The summed E-state index contributed by atoms with van der Waals surface area (Å²) >= 11 is 0. The molecule has 0 aliphatic heterocycles. The zero-order valence-electron chi connectivity index (χ0n) is 6.89. The van der Waals surface area contributed by atoms with Gasteiger partial charge >= 0.3 is 6.03 Å². The van der Waals surface area contributed by atoms with E-state index in [1.807, 2.05) is 0 Å². The van der Waals surface area contributed by atoms with Gasteiger partial charge in [0.2, 0.25) is 5.91 Å². The van der Waals surface area contributed by atoms with Crippen LogP contribution in [0, 0.1) is 0 Å². The van der Waals surface area contributed by atoms with Gasteiger partial charge in [-0.2, -0.15) is 0 Å². The predicted octanol–water partition coefficient (Wildman–Crippen LogP) is -0.950. The van der Waals surface area contributed by atoms with Crippen LogP contribution in [0.1, 0.15) is 6.92 Å². The fourth-order valence-corrected chi connectivity index (χ4v) is 0.414. The van der Waals surface area contributed by atoms with Gasteiger partial charge in [0.15, 0.2) is 0 Å². The van der Waals surface area contributed by atoms with Crippen LogP contribution in [0.25, 0.3) is 0 Å². The molecule has 3 amide bonds. The van der Waals surface area contributed by atoms with E-state index in [2.05, 4.69) is 16.0 Å². The Morgan fingerprint density at radius 3 is 2.18 bits per heavy atom. The SMILES string of the molecule is CNC(=O)NC(=O)[C@@H](C)NC. The first-order valence-electron chi connectivity index (χ1n) is 3.31. The number of likely N-dealkylation sites (N-methyl/N-ethyl adjacent to an activating group) is 1. The number of carbonyl (C=O) groups excluding carboxylic acids is 2. The van der Waals surface area contributed by atoms with Crippen molar-refractivity contribution < 1.29 is 9.59 Å². The fourth-order valence-electron chi connectivity index (χ4n) is 0.414. The van der Waals surface area contributed by atoms with Crippen molar-refractivity contribution in [3.63, 3.8) is 0 Å². The lowest BCUT2D eigenvalue weighted by molar-refractivity contribution is -0.121. The molecule has 0 saturated heterocycles. The van der Waals surface area contributed by atoms with Crippen molar-refractivity contribution in [3.8, 4) is 0 Å². The first kappa shape index (κ1) is 9.90. The molecule has 0 rings (SSSR count). The molecule has 3 N–H and O–H groups in total. The highest BCUT2D eigenvalue weighted by Crippen LogP contribution is 1.78. The van der Waals surface area contributed by atoms with E-state index in [1.165, 1.54) is 7.05 Å². The summed E-state index contributed by atoms with van der Waals surface area (Å²) < 4.78 is 0. The Morgan fingerprint density at radius 1 is 1.27 bits per heavy atom. The van der Waals surface area contributed by atoms with E-state index in [-0.39, 0.29) is 11.9 Å². The molecule has 64 valence electrons. The van der Waals surface area contributed by atoms with Crippen LogP contribution in [-0.2, 0) is 4.79 Å². The zero-order chi connectivity index (χ0) is 8.85. The minimum atomic E-state index is -0.489. The molecule has 0 spiro atoms. The Labute approximate surface area is 65.5 Å². The average molecular weight is 159 g/mol. The lowest BCUT2D eigenvalue weighted by Crippen LogP contribution is -2.46. The van der Waals surface area contributed by atoms with Crippen molar-refractivity contribution in [1.82, 2.24) is 16.0 Å². The number of hydrogen-bond donors (Lipinski definition) is 3. The second-order valence-electron chi connectivity index (χ2n) is 2.08. The normalized spacial score (nSPS) is 11.9. The molecule has 0 heterocycles. The summed E-state index contributed by atoms with van der Waals surface area (Å²) in [6.07, 6.45) is 0. The zero-order valence-corrected chi connectivity index (χ0v) is 6.89. The smallest absolute Gasteiger partial charge is 0.321 e. The maximum absolute atomic E-state index is 10.9. The van der Waals surface area contributed by atoms with Crippen LogP contribution in [0.2, 0.25) is 0 Å². The van der Waals surface area contributed by atoms with E-state index in [9.17, 15) is 9.59 Å². The Balaban J connectivity index is 3.77. The van der Waals surface area contributed by atoms with Gasteiger partial charge < -0.3 is 10.6 Å². The molecular weight excluding hydrogens is 146 g/mol. The summed E-state index contributed by atoms with van der Waals surface area (Å²) in [6.45, 7) is 1.66. The summed E-state index contributed by atoms with van der Waals surface area (Å²) in [7, 11) is 3.10. The molecular formula is C6H13N3O2. The molecule has 0 fully saturated rings. The molecule has 0 aromatic rings. The first-order chi connectivity index (χ1) is 5.11. The molecule has 0 unspecified atom stereocenters. The molecule has 0 aromatic carbocycles. The summed E-state index contributed by atoms with van der Waals surface area (Å²) in [6, 6.07) is -0.843. The van der Waals surface area contributed by atoms with Gasteiger partial charge in [-0.15, -0.1) is 0 Å². The van der Waals surface area contributed by atoms with E-state index in [4.69, 9.17) is 0 Å². The van der Waals surface area contributed by atoms with Crippen LogP contribution in [0.4, 0.5) is 4.79 Å². The Kier molecular flexibility index (Phi) is 4.21. The van der Waals surface area contributed by atoms with Crippen molar-refractivity contribution in [2.75, 3.05) is 14.1 Å². The Bertz CT molecular complexity index is 158. The Hall–Kier alpha value is -1.10. The maximum Gasteiger partial charge on any atom is 0.321 e. The standard InChI is InChI=1S/C6H13N3O2/c1-4(7-2)5(10)9-6(11)8-3/h4,7H,1-3H3,(H2,8,9,10,11)/t4-/m1/s1. The first-order valence-corrected chi connectivity index (χ1v) is 3.31. The molecule has 0 bridgehead atoms. The molecule has 0 aromatic heterocycles. The highest BCUT2D eigenvalue weighted by atomic mass is 16.2. The highest BCUT2D eigenvalue weighted by molar-refractivity contribution is 5.96. The summed E-state index contributed by atoms with van der Waals surface area (Å²) in [5.74, 6) is -0.341. The third-order valence-corrected chi connectivity index (χ3v) is 1.29. The minimum Gasteiger partial charge on any atom is -0.341 e. The maximum atomic E-state index is 10.9. The van der Waals surface area contributed by atoms with Crippen LogP contribution in [-0.4, -0.2) is 32.1 Å². The number of amides is 3. The van der Waals surface area contributed by atoms with E-state index < -0.39 is 6.03 Å². The van der Waals surface area contributed by atoms with Gasteiger partial charge in [-0.05, 0) is 14.0 Å². The number of carbonyl (C=O) groups is 2. The van der Waals surface area contributed by atoms with Crippen molar-refractivity contribution in [2.24, 2.45) is 0 Å². The average Bonchev–Trinajstić information content (AvgIpc) is 2.02. The second kappa shape index (κ2) is 4.68. The van der Waals surface area contributed by atoms with Gasteiger partial charge in [0.1, 0.15) is 0 Å². The topological polar surface area (TPSA) is 70.2 Å². The minimum absolute atomic E-state index is 0.341. The van der Waals surface area contributed by atoms with Gasteiger partial charge in [0.05, 0.1) is 6.04 Å². The van der Waals surface area contributed by atoms with Gasteiger partial charge in [0, 0.05) is 7.05 Å². The monoisotopic (exact) mass is 159 g/mol. The van der Waals surface area contributed by atoms with Crippen LogP contribution >= 0.6 is 0 Å². The second-order valence-corrected chi connectivity index (χ2v) is 2.08. The van der Waals surface area contributed by atoms with Crippen LogP contribution in [0.3, 0.4) is 0 Å². The third-order valence-electron chi connectivity index (χ3n) is 1.29. The summed E-state index contributed by atoms with van der Waals surface area (Å²) in [5.41, 5.74) is 0. The fraction of sp³-hybridized carbons (Fsp3) is 0.667. The molecule has 5 nitrogen and oxygen atoms in total. The molecule has 1 atom stereocenters. The van der Waals surface area contributed by atoms with Crippen molar-refractivity contribution in [2.45, 2.75) is 13.0 Å². The quantitative estimate of drug-likeness (QED) is 0.486. The molecule has 0 saturated carbocycles. The van der Waals surface area contributed by atoms with Gasteiger partial charge in [0.25, 0.3) is 0 Å². The number of hydrogen-bond acceptors (Lipinski definition) is 3. The predicted molar refractivity (Wildman–Crippen MR) is 41.1 cm³/mol. The van der Waals surface area contributed by atoms with Crippen LogP contribution in [0.5, 0.6) is 0 Å². The van der Waals surface area contributed by atoms with Gasteiger partial charge in [-0.3, -0.25) is 10.1 Å². The van der Waals surface area contributed by atoms with Crippen molar-refractivity contribution in [3.05, 3.63) is 0 Å². The molecule has 0 aliphatic carbocycles. The summed E-state index contributed by atoms with van der Waals surface area (Å²) in [5, 5.41) is 7.11. The number of urea groups is 1. The summed E-state index contributed by atoms with van der Waals surface area (Å²) in [4.78, 5) is 21.5. The lowest BCUT2D eigenvalue weighted by atomic mass is 10.3. The lowest BCUT2D eigenvalue weighted by Gasteiger charge is -2.08. The van der Waals surface area contributed by atoms with Crippen molar-refractivity contribution >= 4 is 11.9 Å². The van der Waals surface area contributed by atoms with E-state index in [1.54, 1.807) is 14.0 Å². The molecule has 0 aliphatic rings.